The van der Waals surface area contributed by atoms with E-state index in [-0.39, 0.29) is 0 Å². The van der Waals surface area contributed by atoms with Gasteiger partial charge in [-0.2, -0.15) is 0 Å². The molecule has 1 aromatic carbocycles. The Morgan fingerprint density at radius 3 is 2.84 bits per heavy atom. The number of carbonyl (C=O) groups excluding carboxylic acids is 2. The van der Waals surface area contributed by atoms with Crippen LogP contribution in [0, 0.1) is 5.82 Å². The standard InChI is InChI=1S/C13H14FNO4/c1-19-13(18)9-5-3-7-15(9)12(17)11-8(14)4-2-6-10(11)16/h2,4,6,9,16H,3,5,7H2,1H3. The summed E-state index contributed by atoms with van der Waals surface area (Å²) in [6.45, 7) is 0.340. The van der Waals surface area contributed by atoms with Gasteiger partial charge in [0.25, 0.3) is 5.91 Å². The first-order valence-electron chi connectivity index (χ1n) is 5.92. The number of halogens is 1. The Morgan fingerprint density at radius 1 is 1.47 bits per heavy atom. The maximum absolute atomic E-state index is 13.6. The van der Waals surface area contributed by atoms with Crippen molar-refractivity contribution in [2.24, 2.45) is 0 Å². The van der Waals surface area contributed by atoms with Crippen LogP contribution in [0.4, 0.5) is 4.39 Å². The molecule has 19 heavy (non-hydrogen) atoms. The third-order valence-corrected chi connectivity index (χ3v) is 3.19. The molecule has 1 aliphatic heterocycles. The van der Waals surface area contributed by atoms with Crippen LogP contribution in [-0.4, -0.2) is 41.6 Å². The van der Waals surface area contributed by atoms with Crippen molar-refractivity contribution in [3.8, 4) is 5.75 Å². The van der Waals surface area contributed by atoms with E-state index in [1.54, 1.807) is 0 Å². The number of phenols is 1. The van der Waals surface area contributed by atoms with Gasteiger partial charge < -0.3 is 14.7 Å². The number of amides is 1. The van der Waals surface area contributed by atoms with Crippen LogP contribution in [0.5, 0.6) is 5.75 Å². The van der Waals surface area contributed by atoms with E-state index in [4.69, 9.17) is 0 Å². The van der Waals surface area contributed by atoms with Gasteiger partial charge in [-0.1, -0.05) is 6.07 Å². The van der Waals surface area contributed by atoms with E-state index >= 15 is 0 Å². The van der Waals surface area contributed by atoms with Gasteiger partial charge in [0, 0.05) is 6.54 Å². The fourth-order valence-corrected chi connectivity index (χ4v) is 2.26. The summed E-state index contributed by atoms with van der Waals surface area (Å²) in [7, 11) is 1.24. The van der Waals surface area contributed by atoms with Crippen molar-refractivity contribution >= 4 is 11.9 Å². The number of hydrogen-bond donors (Lipinski definition) is 1. The Labute approximate surface area is 109 Å². The van der Waals surface area contributed by atoms with Crippen molar-refractivity contribution in [2.45, 2.75) is 18.9 Å². The number of ether oxygens (including phenoxy) is 1. The van der Waals surface area contributed by atoms with E-state index in [0.717, 1.165) is 6.07 Å². The Bertz CT molecular complexity index is 497. The van der Waals surface area contributed by atoms with Gasteiger partial charge in [-0.25, -0.2) is 9.18 Å². The molecule has 0 spiro atoms. The predicted octanol–water partition coefficient (Wildman–Crippen LogP) is 1.31. The van der Waals surface area contributed by atoms with Crippen LogP contribution in [-0.2, 0) is 9.53 Å². The summed E-state index contributed by atoms with van der Waals surface area (Å²) in [6, 6.07) is 2.93. The summed E-state index contributed by atoms with van der Waals surface area (Å²) >= 11 is 0. The number of rotatable bonds is 2. The number of phenolic OH excluding ortho intramolecular Hbond substituents is 1. The predicted molar refractivity (Wildman–Crippen MR) is 64.1 cm³/mol. The smallest absolute Gasteiger partial charge is 0.328 e. The van der Waals surface area contributed by atoms with Gasteiger partial charge in [0.1, 0.15) is 23.2 Å². The fourth-order valence-electron chi connectivity index (χ4n) is 2.26. The van der Waals surface area contributed by atoms with E-state index in [9.17, 15) is 19.1 Å². The lowest BCUT2D eigenvalue weighted by atomic mass is 10.1. The van der Waals surface area contributed by atoms with E-state index in [0.29, 0.717) is 19.4 Å². The van der Waals surface area contributed by atoms with Gasteiger partial charge in [0.15, 0.2) is 0 Å². The lowest BCUT2D eigenvalue weighted by molar-refractivity contribution is -0.145. The summed E-state index contributed by atoms with van der Waals surface area (Å²) < 4.78 is 18.3. The normalized spacial score (nSPS) is 18.4. The molecule has 0 radical (unpaired) electrons. The van der Waals surface area contributed by atoms with Crippen molar-refractivity contribution < 1.29 is 23.8 Å². The van der Waals surface area contributed by atoms with Crippen LogP contribution in [0.15, 0.2) is 18.2 Å². The number of benzene rings is 1. The monoisotopic (exact) mass is 267 g/mol. The largest absolute Gasteiger partial charge is 0.507 e. The lowest BCUT2D eigenvalue weighted by Crippen LogP contribution is -2.41. The minimum atomic E-state index is -0.805. The third kappa shape index (κ3) is 2.38. The summed E-state index contributed by atoms with van der Waals surface area (Å²) in [6.07, 6.45) is 1.12. The number of aromatic hydroxyl groups is 1. The van der Waals surface area contributed by atoms with E-state index in [2.05, 4.69) is 4.74 Å². The number of methoxy groups -OCH3 is 1. The molecule has 0 saturated carbocycles. The van der Waals surface area contributed by atoms with Crippen molar-refractivity contribution in [3.63, 3.8) is 0 Å². The maximum Gasteiger partial charge on any atom is 0.328 e. The van der Waals surface area contributed by atoms with Crippen LogP contribution in [0.25, 0.3) is 0 Å². The number of nitrogens with zero attached hydrogens (tertiary/aromatic N) is 1. The van der Waals surface area contributed by atoms with Crippen molar-refractivity contribution in [1.82, 2.24) is 4.90 Å². The molecule has 1 aliphatic rings. The molecule has 1 amide bonds. The van der Waals surface area contributed by atoms with Crippen LogP contribution in [0.1, 0.15) is 23.2 Å². The summed E-state index contributed by atoms with van der Waals surface area (Å²) in [5, 5.41) is 9.60. The highest BCUT2D eigenvalue weighted by Gasteiger charge is 2.37. The second-order valence-corrected chi connectivity index (χ2v) is 4.31. The summed E-state index contributed by atoms with van der Waals surface area (Å²) in [4.78, 5) is 25.0. The first kappa shape index (κ1) is 13.3. The van der Waals surface area contributed by atoms with Crippen molar-refractivity contribution in [1.29, 1.82) is 0 Å². The van der Waals surface area contributed by atoms with E-state index in [1.165, 1.54) is 24.1 Å². The Balaban J connectivity index is 2.31. The Morgan fingerprint density at radius 2 is 2.21 bits per heavy atom. The Kier molecular flexibility index (Phi) is 3.69. The minimum absolute atomic E-state index is 0.340. The second-order valence-electron chi connectivity index (χ2n) is 4.31. The van der Waals surface area contributed by atoms with Crippen molar-refractivity contribution in [2.75, 3.05) is 13.7 Å². The zero-order valence-corrected chi connectivity index (χ0v) is 10.4. The highest BCUT2D eigenvalue weighted by molar-refractivity contribution is 5.99. The zero-order chi connectivity index (χ0) is 14.0. The molecule has 1 saturated heterocycles. The molecule has 1 heterocycles. The molecule has 1 fully saturated rings. The fraction of sp³-hybridized carbons (Fsp3) is 0.385. The highest BCUT2D eigenvalue weighted by atomic mass is 19.1. The van der Waals surface area contributed by atoms with Crippen LogP contribution >= 0.6 is 0 Å². The minimum Gasteiger partial charge on any atom is -0.507 e. The van der Waals surface area contributed by atoms with Gasteiger partial charge in [0.2, 0.25) is 0 Å². The molecule has 0 aromatic heterocycles. The van der Waals surface area contributed by atoms with E-state index < -0.39 is 35.0 Å². The number of hydrogen-bond acceptors (Lipinski definition) is 4. The van der Waals surface area contributed by atoms with Gasteiger partial charge in [-0.05, 0) is 25.0 Å². The molecule has 1 aromatic rings. The molecule has 6 heteroatoms. The second kappa shape index (κ2) is 5.26. The molecule has 1 unspecified atom stereocenters. The topological polar surface area (TPSA) is 66.8 Å². The lowest BCUT2D eigenvalue weighted by Gasteiger charge is -2.23. The Hall–Kier alpha value is -2.11. The maximum atomic E-state index is 13.6. The third-order valence-electron chi connectivity index (χ3n) is 3.19. The molecule has 5 nitrogen and oxygen atoms in total. The number of likely N-dealkylation sites (tertiary alicyclic amines) is 1. The first-order valence-corrected chi connectivity index (χ1v) is 5.92. The summed E-state index contributed by atoms with van der Waals surface area (Å²) in [5.41, 5.74) is -0.404. The first-order chi connectivity index (χ1) is 9.06. The molecule has 0 aliphatic carbocycles. The van der Waals surface area contributed by atoms with E-state index in [1.807, 2.05) is 0 Å². The highest BCUT2D eigenvalue weighted by Crippen LogP contribution is 2.26. The average molecular weight is 267 g/mol. The van der Waals surface area contributed by atoms with Gasteiger partial charge in [0.05, 0.1) is 7.11 Å². The molecular formula is C13H14FNO4. The zero-order valence-electron chi connectivity index (χ0n) is 10.4. The SMILES string of the molecule is COC(=O)C1CCCN1C(=O)c1c(O)cccc1F. The van der Waals surface area contributed by atoms with Crippen LogP contribution < -0.4 is 0 Å². The molecule has 1 N–H and O–H groups in total. The van der Waals surface area contributed by atoms with Gasteiger partial charge in [-0.15, -0.1) is 0 Å². The average Bonchev–Trinajstić information content (AvgIpc) is 2.86. The number of carbonyl (C=O) groups is 2. The molecule has 1 atom stereocenters. The molecular weight excluding hydrogens is 253 g/mol. The molecule has 0 bridgehead atoms. The van der Waals surface area contributed by atoms with Crippen LogP contribution in [0.2, 0.25) is 0 Å². The van der Waals surface area contributed by atoms with Crippen LogP contribution in [0.3, 0.4) is 0 Å². The molecule has 2 rings (SSSR count). The number of esters is 1. The summed E-state index contributed by atoms with van der Waals surface area (Å²) in [5.74, 6) is -2.45. The quantitative estimate of drug-likeness (QED) is 0.820. The molecule has 102 valence electrons. The van der Waals surface area contributed by atoms with Gasteiger partial charge >= 0.3 is 5.97 Å². The van der Waals surface area contributed by atoms with Gasteiger partial charge in [-0.3, -0.25) is 4.79 Å². The van der Waals surface area contributed by atoms with Crippen molar-refractivity contribution in [3.05, 3.63) is 29.6 Å².